The molecular formula is C11H19N3O2S. The molecule has 0 saturated carbocycles. The molecule has 0 aliphatic carbocycles. The minimum atomic E-state index is -2.90. The molecule has 6 heteroatoms. The van der Waals surface area contributed by atoms with Gasteiger partial charge >= 0.3 is 0 Å². The van der Waals surface area contributed by atoms with Gasteiger partial charge in [-0.3, -0.25) is 4.68 Å². The van der Waals surface area contributed by atoms with E-state index in [2.05, 4.69) is 5.10 Å². The molecule has 0 radical (unpaired) electrons. The second-order valence-corrected chi connectivity index (χ2v) is 6.98. The zero-order chi connectivity index (χ0) is 12.5. The minimum Gasteiger partial charge on any atom is -0.330 e. The number of sulfone groups is 1. The number of nitrogens with zero attached hydrogens (tertiary/aromatic N) is 2. The number of hydrogen-bond donors (Lipinski definition) is 1. The zero-order valence-electron chi connectivity index (χ0n) is 10.0. The highest BCUT2D eigenvalue weighted by Crippen LogP contribution is 2.26. The third-order valence-electron chi connectivity index (χ3n) is 3.34. The lowest BCUT2D eigenvalue weighted by molar-refractivity contribution is 0.415. The standard InChI is InChI=1S/C11H19N3O2S/c1-9(7-12)11-4-5-13-14(11)10-3-2-6-17(15,16)8-10/h4-5,9-10H,2-3,6-8,12H2,1H3. The maximum atomic E-state index is 11.6. The predicted molar refractivity (Wildman–Crippen MR) is 66.6 cm³/mol. The lowest BCUT2D eigenvalue weighted by atomic mass is 10.1. The largest absolute Gasteiger partial charge is 0.330 e. The van der Waals surface area contributed by atoms with Gasteiger partial charge in [-0.1, -0.05) is 6.92 Å². The summed E-state index contributed by atoms with van der Waals surface area (Å²) < 4.78 is 25.1. The molecular weight excluding hydrogens is 238 g/mol. The van der Waals surface area contributed by atoms with Gasteiger partial charge in [0.05, 0.1) is 17.5 Å². The van der Waals surface area contributed by atoms with Crippen molar-refractivity contribution in [3.8, 4) is 0 Å². The molecule has 0 bridgehead atoms. The average Bonchev–Trinajstić information content (AvgIpc) is 2.75. The first-order valence-corrected chi connectivity index (χ1v) is 7.79. The first-order chi connectivity index (χ1) is 8.03. The van der Waals surface area contributed by atoms with Gasteiger partial charge in [0.2, 0.25) is 0 Å². The molecule has 2 heterocycles. The Morgan fingerprint density at radius 2 is 2.41 bits per heavy atom. The van der Waals surface area contributed by atoms with E-state index >= 15 is 0 Å². The Balaban J connectivity index is 2.25. The van der Waals surface area contributed by atoms with Crippen molar-refractivity contribution in [2.75, 3.05) is 18.1 Å². The van der Waals surface area contributed by atoms with Crippen LogP contribution in [0.5, 0.6) is 0 Å². The molecule has 2 N–H and O–H groups in total. The van der Waals surface area contributed by atoms with Crippen LogP contribution in [0.3, 0.4) is 0 Å². The summed E-state index contributed by atoms with van der Waals surface area (Å²) in [5.41, 5.74) is 6.69. The maximum absolute atomic E-state index is 11.6. The Morgan fingerprint density at radius 3 is 3.06 bits per heavy atom. The lowest BCUT2D eigenvalue weighted by Gasteiger charge is -2.25. The fourth-order valence-corrected chi connectivity index (χ4v) is 4.00. The molecule has 1 aromatic rings. The molecule has 1 aromatic heterocycles. The van der Waals surface area contributed by atoms with Crippen LogP contribution in [0, 0.1) is 0 Å². The summed E-state index contributed by atoms with van der Waals surface area (Å²) >= 11 is 0. The zero-order valence-corrected chi connectivity index (χ0v) is 10.9. The highest BCUT2D eigenvalue weighted by molar-refractivity contribution is 7.91. The molecule has 1 aliphatic heterocycles. The Bertz CT molecular complexity index is 481. The number of aromatic nitrogens is 2. The van der Waals surface area contributed by atoms with Crippen LogP contribution >= 0.6 is 0 Å². The predicted octanol–water partition coefficient (Wildman–Crippen LogP) is 0.695. The van der Waals surface area contributed by atoms with E-state index in [1.165, 1.54) is 0 Å². The number of hydrogen-bond acceptors (Lipinski definition) is 4. The molecule has 0 spiro atoms. The van der Waals surface area contributed by atoms with Crippen molar-refractivity contribution in [2.45, 2.75) is 31.7 Å². The second-order valence-electron chi connectivity index (χ2n) is 4.75. The molecule has 2 rings (SSSR count). The maximum Gasteiger partial charge on any atom is 0.152 e. The van der Waals surface area contributed by atoms with Crippen molar-refractivity contribution in [3.63, 3.8) is 0 Å². The minimum absolute atomic E-state index is 0.0206. The second kappa shape index (κ2) is 4.78. The summed E-state index contributed by atoms with van der Waals surface area (Å²) in [5.74, 6) is 0.730. The van der Waals surface area contributed by atoms with E-state index < -0.39 is 9.84 Å². The van der Waals surface area contributed by atoms with Crippen molar-refractivity contribution in [2.24, 2.45) is 5.73 Å². The highest BCUT2D eigenvalue weighted by atomic mass is 32.2. The van der Waals surface area contributed by atoms with Crippen LogP contribution in [0.25, 0.3) is 0 Å². The molecule has 5 nitrogen and oxygen atoms in total. The van der Waals surface area contributed by atoms with Gasteiger partial charge < -0.3 is 5.73 Å². The Kier molecular flexibility index (Phi) is 3.53. The fourth-order valence-electron chi connectivity index (χ4n) is 2.33. The van der Waals surface area contributed by atoms with Crippen LogP contribution in [0.2, 0.25) is 0 Å². The van der Waals surface area contributed by atoms with Crippen molar-refractivity contribution in [1.29, 1.82) is 0 Å². The third kappa shape index (κ3) is 2.69. The fraction of sp³-hybridized carbons (Fsp3) is 0.727. The van der Waals surface area contributed by atoms with Crippen molar-refractivity contribution in [3.05, 3.63) is 18.0 Å². The monoisotopic (exact) mass is 257 g/mol. The van der Waals surface area contributed by atoms with Gasteiger partial charge in [-0.05, 0) is 18.9 Å². The van der Waals surface area contributed by atoms with Gasteiger partial charge in [0, 0.05) is 24.4 Å². The quantitative estimate of drug-likeness (QED) is 0.864. The number of rotatable bonds is 3. The first kappa shape index (κ1) is 12.6. The summed E-state index contributed by atoms with van der Waals surface area (Å²) in [6, 6.07) is 1.91. The van der Waals surface area contributed by atoms with E-state index in [-0.39, 0.29) is 17.7 Å². The summed E-state index contributed by atoms with van der Waals surface area (Å²) in [4.78, 5) is 0. The third-order valence-corrected chi connectivity index (χ3v) is 5.15. The van der Waals surface area contributed by atoms with E-state index in [0.29, 0.717) is 12.3 Å². The highest BCUT2D eigenvalue weighted by Gasteiger charge is 2.28. The van der Waals surface area contributed by atoms with E-state index in [4.69, 9.17) is 5.73 Å². The smallest absolute Gasteiger partial charge is 0.152 e. The van der Waals surface area contributed by atoms with Crippen molar-refractivity contribution >= 4 is 9.84 Å². The Labute approximate surface area is 102 Å². The van der Waals surface area contributed by atoms with Crippen LogP contribution in [-0.4, -0.2) is 36.2 Å². The molecule has 2 atom stereocenters. The first-order valence-electron chi connectivity index (χ1n) is 5.97. The van der Waals surface area contributed by atoms with Gasteiger partial charge in [0.25, 0.3) is 0 Å². The lowest BCUT2D eigenvalue weighted by Crippen LogP contribution is -2.30. The van der Waals surface area contributed by atoms with Crippen molar-refractivity contribution < 1.29 is 8.42 Å². The normalized spacial score (nSPS) is 25.6. The Morgan fingerprint density at radius 1 is 1.65 bits per heavy atom. The topological polar surface area (TPSA) is 78.0 Å². The number of nitrogens with two attached hydrogens (primary N) is 1. The molecule has 1 saturated heterocycles. The van der Waals surface area contributed by atoms with E-state index in [1.807, 2.05) is 17.7 Å². The SMILES string of the molecule is CC(CN)c1ccnn1C1CCCS(=O)(=O)C1. The van der Waals surface area contributed by atoms with Gasteiger partial charge in [-0.25, -0.2) is 8.42 Å². The van der Waals surface area contributed by atoms with Crippen LogP contribution in [0.15, 0.2) is 12.3 Å². The summed E-state index contributed by atoms with van der Waals surface area (Å²) in [5, 5.41) is 4.27. The van der Waals surface area contributed by atoms with Crippen LogP contribution < -0.4 is 5.73 Å². The molecule has 2 unspecified atom stereocenters. The van der Waals surface area contributed by atoms with Gasteiger partial charge in [-0.15, -0.1) is 0 Å². The van der Waals surface area contributed by atoms with Gasteiger partial charge in [-0.2, -0.15) is 5.10 Å². The van der Waals surface area contributed by atoms with Crippen molar-refractivity contribution in [1.82, 2.24) is 9.78 Å². The van der Waals surface area contributed by atoms with Crippen LogP contribution in [-0.2, 0) is 9.84 Å². The van der Waals surface area contributed by atoms with E-state index in [0.717, 1.165) is 18.5 Å². The molecule has 1 aliphatic rings. The summed E-state index contributed by atoms with van der Waals surface area (Å²) in [7, 11) is -2.90. The summed E-state index contributed by atoms with van der Waals surface area (Å²) in [6.07, 6.45) is 3.33. The van der Waals surface area contributed by atoms with E-state index in [1.54, 1.807) is 6.20 Å². The van der Waals surface area contributed by atoms with Crippen LogP contribution in [0.1, 0.15) is 37.4 Å². The molecule has 0 amide bonds. The van der Waals surface area contributed by atoms with Crippen LogP contribution in [0.4, 0.5) is 0 Å². The molecule has 17 heavy (non-hydrogen) atoms. The molecule has 0 aromatic carbocycles. The molecule has 1 fully saturated rings. The van der Waals surface area contributed by atoms with E-state index in [9.17, 15) is 8.42 Å². The average molecular weight is 257 g/mol. The molecule has 96 valence electrons. The Hall–Kier alpha value is -0.880. The summed E-state index contributed by atoms with van der Waals surface area (Å²) in [6.45, 7) is 2.58. The van der Waals surface area contributed by atoms with Gasteiger partial charge in [0.15, 0.2) is 9.84 Å². The van der Waals surface area contributed by atoms with Gasteiger partial charge in [0.1, 0.15) is 0 Å².